The molecule has 0 radical (unpaired) electrons. The number of nitrogens with one attached hydrogen (secondary N) is 1. The summed E-state index contributed by atoms with van der Waals surface area (Å²) in [6.07, 6.45) is 11.4. The maximum atomic E-state index is 13.0. The van der Waals surface area contributed by atoms with E-state index in [2.05, 4.69) is 35.5 Å². The van der Waals surface area contributed by atoms with Gasteiger partial charge in [-0.25, -0.2) is 0 Å². The maximum Gasteiger partial charge on any atom is 0.312 e. The van der Waals surface area contributed by atoms with Crippen molar-refractivity contribution in [1.29, 1.82) is 0 Å². The second-order valence-corrected chi connectivity index (χ2v) is 8.44. The summed E-state index contributed by atoms with van der Waals surface area (Å²) in [5.74, 6) is 2.98. The number of esters is 1. The van der Waals surface area contributed by atoms with Gasteiger partial charge in [-0.1, -0.05) is 36.3 Å². The normalized spacial score (nSPS) is 34.1. The van der Waals surface area contributed by atoms with Crippen LogP contribution in [-0.2, 0) is 19.7 Å². The van der Waals surface area contributed by atoms with Crippen LogP contribution < -0.4 is 5.32 Å². The van der Waals surface area contributed by atoms with Gasteiger partial charge in [-0.3, -0.25) is 9.59 Å². The van der Waals surface area contributed by atoms with Crippen molar-refractivity contribution < 1.29 is 14.3 Å². The van der Waals surface area contributed by atoms with E-state index < -0.39 is 5.41 Å². The zero-order chi connectivity index (χ0) is 18.2. The molecule has 0 saturated heterocycles. The van der Waals surface area contributed by atoms with Gasteiger partial charge < -0.3 is 10.1 Å². The number of carbonyl (C=O) groups is 2. The molecule has 1 amide bonds. The van der Waals surface area contributed by atoms with Crippen molar-refractivity contribution in [2.45, 2.75) is 43.9 Å². The number of amides is 1. The topological polar surface area (TPSA) is 55.4 Å². The first-order valence-electron chi connectivity index (χ1n) is 9.48. The van der Waals surface area contributed by atoms with E-state index in [1.807, 2.05) is 6.07 Å². The van der Waals surface area contributed by atoms with Crippen LogP contribution >= 0.6 is 0 Å². The molecule has 5 rings (SSSR count). The molecule has 4 fully saturated rings. The summed E-state index contributed by atoms with van der Waals surface area (Å²) < 4.78 is 5.45. The van der Waals surface area contributed by atoms with E-state index in [9.17, 15) is 9.59 Å². The molecule has 1 N–H and O–H groups in total. The van der Waals surface area contributed by atoms with E-state index >= 15 is 0 Å². The van der Waals surface area contributed by atoms with Crippen LogP contribution in [0.25, 0.3) is 0 Å². The van der Waals surface area contributed by atoms with Gasteiger partial charge in [0.05, 0.1) is 12.0 Å². The zero-order valence-corrected chi connectivity index (χ0v) is 15.0. The summed E-state index contributed by atoms with van der Waals surface area (Å²) in [5, 5.41) is 2.54. The highest BCUT2D eigenvalue weighted by Gasteiger charge is 2.61. The van der Waals surface area contributed by atoms with Gasteiger partial charge in [-0.2, -0.15) is 0 Å². The van der Waals surface area contributed by atoms with Gasteiger partial charge in [0, 0.05) is 0 Å². The highest BCUT2D eigenvalue weighted by atomic mass is 16.5. The largest absolute Gasteiger partial charge is 0.455 e. The molecule has 0 spiro atoms. The number of hydrogen-bond acceptors (Lipinski definition) is 3. The van der Waals surface area contributed by atoms with Gasteiger partial charge >= 0.3 is 5.97 Å². The first-order valence-corrected chi connectivity index (χ1v) is 9.48. The number of terminal acetylenes is 1. The Labute approximate surface area is 154 Å². The van der Waals surface area contributed by atoms with Crippen LogP contribution in [0.1, 0.15) is 44.1 Å². The van der Waals surface area contributed by atoms with Crippen LogP contribution in [0.3, 0.4) is 0 Å². The van der Waals surface area contributed by atoms with Crippen LogP contribution in [-0.4, -0.2) is 25.0 Å². The number of rotatable bonds is 5. The summed E-state index contributed by atoms with van der Waals surface area (Å²) in [4.78, 5) is 24.7. The number of benzene rings is 1. The molecule has 4 heteroatoms. The summed E-state index contributed by atoms with van der Waals surface area (Å²) in [6, 6.07) is 10.6. The molecular weight excluding hydrogens is 326 g/mol. The molecule has 2 unspecified atom stereocenters. The summed E-state index contributed by atoms with van der Waals surface area (Å²) in [7, 11) is 0. The first kappa shape index (κ1) is 17.1. The molecule has 4 bridgehead atoms. The van der Waals surface area contributed by atoms with Crippen LogP contribution in [0.2, 0.25) is 0 Å². The molecule has 0 aliphatic heterocycles. The predicted octanol–water partition coefficient (Wildman–Crippen LogP) is 2.82. The molecule has 4 nitrogen and oxygen atoms in total. The molecule has 1 aromatic carbocycles. The Kier molecular flexibility index (Phi) is 4.26. The third kappa shape index (κ3) is 2.90. The van der Waals surface area contributed by atoms with E-state index in [0.29, 0.717) is 11.8 Å². The average molecular weight is 351 g/mol. The highest BCUT2D eigenvalue weighted by molar-refractivity contribution is 5.83. The Hall–Kier alpha value is -2.28. The summed E-state index contributed by atoms with van der Waals surface area (Å²) in [6.45, 7) is -0.0846. The van der Waals surface area contributed by atoms with Crippen molar-refractivity contribution in [1.82, 2.24) is 5.32 Å². The second-order valence-electron chi connectivity index (χ2n) is 8.44. The molecule has 26 heavy (non-hydrogen) atoms. The molecular formula is C22H25NO3. The SMILES string of the molecule is C#CCNC(=O)COC(=O)C12C[C@H]3C[C@@H](C1)CC(c1ccccc1)(C3)C2. The maximum absolute atomic E-state index is 13.0. The van der Waals surface area contributed by atoms with E-state index in [-0.39, 0.29) is 30.4 Å². The van der Waals surface area contributed by atoms with Gasteiger partial charge in [-0.15, -0.1) is 6.42 Å². The predicted molar refractivity (Wildman–Crippen MR) is 98.0 cm³/mol. The third-order valence-electron chi connectivity index (χ3n) is 6.60. The van der Waals surface area contributed by atoms with E-state index in [1.165, 1.54) is 24.8 Å². The lowest BCUT2D eigenvalue weighted by atomic mass is 9.43. The van der Waals surface area contributed by atoms with Gasteiger partial charge in [0.15, 0.2) is 6.61 Å². The molecule has 4 atom stereocenters. The van der Waals surface area contributed by atoms with Crippen molar-refractivity contribution in [3.63, 3.8) is 0 Å². The Bertz CT molecular complexity index is 734. The summed E-state index contributed by atoms with van der Waals surface area (Å²) >= 11 is 0. The fraction of sp³-hybridized carbons (Fsp3) is 0.545. The minimum atomic E-state index is -0.424. The van der Waals surface area contributed by atoms with Crippen LogP contribution in [0.15, 0.2) is 30.3 Å². The van der Waals surface area contributed by atoms with Crippen molar-refractivity contribution in [3.8, 4) is 12.3 Å². The van der Waals surface area contributed by atoms with Gasteiger partial charge in [0.25, 0.3) is 5.91 Å². The van der Waals surface area contributed by atoms with Gasteiger partial charge in [-0.05, 0) is 61.3 Å². The van der Waals surface area contributed by atoms with Crippen LogP contribution in [0.4, 0.5) is 0 Å². The number of ether oxygens (including phenoxy) is 1. The molecule has 4 saturated carbocycles. The van der Waals surface area contributed by atoms with Crippen LogP contribution in [0, 0.1) is 29.6 Å². The molecule has 0 aromatic heterocycles. The first-order chi connectivity index (χ1) is 12.6. The van der Waals surface area contributed by atoms with Gasteiger partial charge in [0.2, 0.25) is 0 Å². The minimum Gasteiger partial charge on any atom is -0.455 e. The number of hydrogen-bond donors (Lipinski definition) is 1. The molecule has 4 aliphatic carbocycles. The van der Waals surface area contributed by atoms with Crippen molar-refractivity contribution in [3.05, 3.63) is 35.9 Å². The molecule has 1 aromatic rings. The Morgan fingerprint density at radius 1 is 1.15 bits per heavy atom. The lowest BCUT2D eigenvalue weighted by molar-refractivity contribution is -0.175. The Morgan fingerprint density at radius 2 is 1.85 bits per heavy atom. The molecule has 4 aliphatic rings. The number of carbonyl (C=O) groups excluding carboxylic acids is 2. The van der Waals surface area contributed by atoms with E-state index in [0.717, 1.165) is 19.3 Å². The minimum absolute atomic E-state index is 0.0933. The fourth-order valence-electron chi connectivity index (χ4n) is 6.12. The van der Waals surface area contributed by atoms with Crippen molar-refractivity contribution >= 4 is 11.9 Å². The Balaban J connectivity index is 1.52. The van der Waals surface area contributed by atoms with Crippen molar-refractivity contribution in [2.24, 2.45) is 17.3 Å². The third-order valence-corrected chi connectivity index (χ3v) is 6.60. The highest BCUT2D eigenvalue weighted by Crippen LogP contribution is 2.66. The smallest absolute Gasteiger partial charge is 0.312 e. The molecule has 136 valence electrons. The standard InChI is InChI=1S/C22H25NO3/c1-2-8-23-19(24)14-26-20(25)22-12-16-9-17(13-22)11-21(10-16,15-22)18-6-4-3-5-7-18/h1,3-7,16-17H,8-15H2,(H,23,24)/t16-,17+,21?,22?. The lowest BCUT2D eigenvalue weighted by Gasteiger charge is -2.61. The lowest BCUT2D eigenvalue weighted by Crippen LogP contribution is -2.57. The summed E-state index contributed by atoms with van der Waals surface area (Å²) in [5.41, 5.74) is 1.03. The fourth-order valence-corrected chi connectivity index (χ4v) is 6.12. The quantitative estimate of drug-likeness (QED) is 0.656. The van der Waals surface area contributed by atoms with E-state index in [4.69, 9.17) is 11.2 Å². The Morgan fingerprint density at radius 3 is 2.50 bits per heavy atom. The molecule has 0 heterocycles. The average Bonchev–Trinajstić information content (AvgIpc) is 2.64. The van der Waals surface area contributed by atoms with Crippen LogP contribution in [0.5, 0.6) is 0 Å². The zero-order valence-electron chi connectivity index (χ0n) is 15.0. The van der Waals surface area contributed by atoms with Crippen molar-refractivity contribution in [2.75, 3.05) is 13.2 Å². The monoisotopic (exact) mass is 351 g/mol. The van der Waals surface area contributed by atoms with E-state index in [1.54, 1.807) is 0 Å². The second kappa shape index (κ2) is 6.46. The van der Waals surface area contributed by atoms with Gasteiger partial charge in [0.1, 0.15) is 0 Å².